The number of sulfonamides is 1. The number of hydrogen-bond acceptors (Lipinski definition) is 6. The number of rotatable bonds is 10. The fourth-order valence-corrected chi connectivity index (χ4v) is 5.27. The van der Waals surface area contributed by atoms with Crippen LogP contribution in [-0.2, 0) is 31.0 Å². The predicted molar refractivity (Wildman–Crippen MR) is 124 cm³/mol. The van der Waals surface area contributed by atoms with Crippen LogP contribution in [0.1, 0.15) is 32.8 Å². The number of carbonyl (C=O) groups is 2. The molecule has 0 N–H and O–H groups in total. The second kappa shape index (κ2) is 10.8. The van der Waals surface area contributed by atoms with Crippen LogP contribution >= 0.6 is 0 Å². The van der Waals surface area contributed by atoms with Gasteiger partial charge in [-0.2, -0.15) is 4.31 Å². The molecular weight excluding hydrogens is 444 g/mol. The van der Waals surface area contributed by atoms with E-state index in [9.17, 15) is 18.0 Å². The minimum absolute atomic E-state index is 0.0471. The fourth-order valence-electron chi connectivity index (χ4n) is 3.81. The molecule has 2 aromatic carbocycles. The summed E-state index contributed by atoms with van der Waals surface area (Å²) < 4.78 is 37.7. The van der Waals surface area contributed by atoms with Crippen molar-refractivity contribution in [2.24, 2.45) is 5.92 Å². The Hall–Kier alpha value is -2.91. The minimum atomic E-state index is -3.58. The van der Waals surface area contributed by atoms with Gasteiger partial charge in [-0.15, -0.1) is 0 Å². The number of esters is 1. The van der Waals surface area contributed by atoms with Crippen molar-refractivity contribution >= 4 is 27.6 Å². The largest absolute Gasteiger partial charge is 0.493 e. The first-order valence-electron chi connectivity index (χ1n) is 11.1. The second-order valence-electron chi connectivity index (χ2n) is 7.64. The molecule has 1 fully saturated rings. The summed E-state index contributed by atoms with van der Waals surface area (Å²) in [6, 6.07) is 13.5. The molecule has 0 aromatic heterocycles. The number of hydrogen-bond donors (Lipinski definition) is 0. The quantitative estimate of drug-likeness (QED) is 0.491. The van der Waals surface area contributed by atoms with Crippen LogP contribution in [0.5, 0.6) is 5.75 Å². The molecule has 1 atom stereocenters. The lowest BCUT2D eigenvalue weighted by Crippen LogP contribution is -2.30. The van der Waals surface area contributed by atoms with Gasteiger partial charge in [0.05, 0.1) is 17.4 Å². The van der Waals surface area contributed by atoms with Gasteiger partial charge in [0.25, 0.3) is 0 Å². The fraction of sp³-hybridized carbons (Fsp3) is 0.417. The molecule has 1 unspecified atom stereocenters. The van der Waals surface area contributed by atoms with E-state index >= 15 is 0 Å². The van der Waals surface area contributed by atoms with Crippen molar-refractivity contribution in [2.45, 2.75) is 38.7 Å². The van der Waals surface area contributed by atoms with Gasteiger partial charge >= 0.3 is 5.97 Å². The number of para-hydroxylation sites is 1. The molecule has 8 nitrogen and oxygen atoms in total. The topological polar surface area (TPSA) is 93.2 Å². The molecule has 1 amide bonds. The highest BCUT2D eigenvalue weighted by Crippen LogP contribution is 2.28. The highest BCUT2D eigenvalue weighted by molar-refractivity contribution is 7.89. The molecule has 2 aromatic rings. The molecule has 9 heteroatoms. The van der Waals surface area contributed by atoms with Crippen LogP contribution < -0.4 is 9.64 Å². The van der Waals surface area contributed by atoms with E-state index < -0.39 is 21.9 Å². The Morgan fingerprint density at radius 2 is 1.73 bits per heavy atom. The maximum Gasteiger partial charge on any atom is 0.311 e. The predicted octanol–water partition coefficient (Wildman–Crippen LogP) is 3.21. The van der Waals surface area contributed by atoms with Crippen molar-refractivity contribution in [1.29, 1.82) is 0 Å². The Morgan fingerprint density at radius 1 is 1.06 bits per heavy atom. The van der Waals surface area contributed by atoms with Crippen molar-refractivity contribution in [3.8, 4) is 5.75 Å². The Bertz CT molecular complexity index is 1080. The number of amides is 1. The smallest absolute Gasteiger partial charge is 0.311 e. The van der Waals surface area contributed by atoms with E-state index in [1.807, 2.05) is 31.2 Å². The summed E-state index contributed by atoms with van der Waals surface area (Å²) >= 11 is 0. The molecule has 0 saturated carbocycles. The number of ether oxygens (including phenoxy) is 2. The van der Waals surface area contributed by atoms with Gasteiger partial charge in [-0.3, -0.25) is 9.59 Å². The summed E-state index contributed by atoms with van der Waals surface area (Å²) in [5.41, 5.74) is 1.31. The Labute approximate surface area is 195 Å². The third kappa shape index (κ3) is 5.54. The SMILES string of the molecule is CCOc1ccccc1COC(=O)C1CC(=O)N(c2ccc(S(=O)(=O)N(CC)CC)cc2)C1. The van der Waals surface area contributed by atoms with Crippen LogP contribution in [0.2, 0.25) is 0 Å². The lowest BCUT2D eigenvalue weighted by Gasteiger charge is -2.20. The van der Waals surface area contributed by atoms with Gasteiger partial charge in [0.2, 0.25) is 15.9 Å². The summed E-state index contributed by atoms with van der Waals surface area (Å²) in [5, 5.41) is 0. The zero-order valence-corrected chi connectivity index (χ0v) is 20.0. The minimum Gasteiger partial charge on any atom is -0.493 e. The van der Waals surface area contributed by atoms with Gasteiger partial charge in [0, 0.05) is 37.3 Å². The molecule has 0 spiro atoms. The van der Waals surface area contributed by atoms with Crippen molar-refractivity contribution in [3.05, 3.63) is 54.1 Å². The highest BCUT2D eigenvalue weighted by atomic mass is 32.2. The van der Waals surface area contributed by atoms with Crippen molar-refractivity contribution < 1.29 is 27.5 Å². The standard InChI is InChI=1S/C24H30N2O6S/c1-4-25(5-2)33(29,30)21-13-11-20(12-14-21)26-16-19(15-23(26)27)24(28)32-17-18-9-7-8-10-22(18)31-6-3/h7-14,19H,4-6,15-17H2,1-3H3. The number of benzene rings is 2. The molecule has 1 aliphatic heterocycles. The second-order valence-corrected chi connectivity index (χ2v) is 9.58. The Balaban J connectivity index is 1.65. The van der Waals surface area contributed by atoms with Crippen molar-refractivity contribution in [2.75, 3.05) is 31.1 Å². The first-order chi connectivity index (χ1) is 15.8. The van der Waals surface area contributed by atoms with E-state index in [1.165, 1.54) is 21.3 Å². The molecule has 3 rings (SSSR count). The van der Waals surface area contributed by atoms with Crippen LogP contribution in [-0.4, -0.2) is 50.8 Å². The first-order valence-corrected chi connectivity index (χ1v) is 12.5. The summed E-state index contributed by atoms with van der Waals surface area (Å²) in [6.45, 7) is 6.97. The van der Waals surface area contributed by atoms with Crippen LogP contribution in [0.15, 0.2) is 53.4 Å². The third-order valence-corrected chi connectivity index (χ3v) is 7.66. The van der Waals surface area contributed by atoms with E-state index in [0.717, 1.165) is 5.56 Å². The average Bonchev–Trinajstić information content (AvgIpc) is 3.21. The van der Waals surface area contributed by atoms with E-state index in [2.05, 4.69) is 0 Å². The molecular formula is C24H30N2O6S. The molecule has 178 valence electrons. The lowest BCUT2D eigenvalue weighted by atomic mass is 10.1. The average molecular weight is 475 g/mol. The molecule has 33 heavy (non-hydrogen) atoms. The van der Waals surface area contributed by atoms with E-state index in [0.29, 0.717) is 31.1 Å². The van der Waals surface area contributed by atoms with Gasteiger partial charge in [-0.1, -0.05) is 32.0 Å². The maximum absolute atomic E-state index is 12.7. The molecule has 0 bridgehead atoms. The summed E-state index contributed by atoms with van der Waals surface area (Å²) in [5.74, 6) is -0.573. The maximum atomic E-state index is 12.7. The van der Waals surface area contributed by atoms with Gasteiger partial charge in [0.1, 0.15) is 12.4 Å². The van der Waals surface area contributed by atoms with E-state index in [4.69, 9.17) is 9.47 Å². The van der Waals surface area contributed by atoms with E-state index in [1.54, 1.807) is 26.0 Å². The van der Waals surface area contributed by atoms with Gasteiger partial charge in [-0.05, 0) is 37.3 Å². The summed E-state index contributed by atoms with van der Waals surface area (Å²) in [7, 11) is -3.58. The number of carbonyl (C=O) groups excluding carboxylic acids is 2. The summed E-state index contributed by atoms with van der Waals surface area (Å²) in [6.07, 6.45) is 0.0471. The molecule has 1 heterocycles. The number of nitrogens with zero attached hydrogens (tertiary/aromatic N) is 2. The number of anilines is 1. The Morgan fingerprint density at radius 3 is 2.36 bits per heavy atom. The van der Waals surface area contributed by atoms with Crippen molar-refractivity contribution in [1.82, 2.24) is 4.31 Å². The summed E-state index contributed by atoms with van der Waals surface area (Å²) in [4.78, 5) is 26.8. The molecule has 0 radical (unpaired) electrons. The van der Waals surface area contributed by atoms with Crippen LogP contribution in [0.25, 0.3) is 0 Å². The van der Waals surface area contributed by atoms with Gasteiger partial charge < -0.3 is 14.4 Å². The third-order valence-electron chi connectivity index (χ3n) is 5.59. The molecule has 1 aliphatic rings. The molecule has 1 saturated heterocycles. The Kier molecular flexibility index (Phi) is 8.10. The lowest BCUT2D eigenvalue weighted by molar-refractivity contribution is -0.149. The highest BCUT2D eigenvalue weighted by Gasteiger charge is 2.36. The van der Waals surface area contributed by atoms with Crippen LogP contribution in [0.4, 0.5) is 5.69 Å². The first kappa shape index (κ1) is 24.7. The monoisotopic (exact) mass is 474 g/mol. The molecule has 0 aliphatic carbocycles. The zero-order chi connectivity index (χ0) is 24.0. The van der Waals surface area contributed by atoms with Gasteiger partial charge in [0.15, 0.2) is 0 Å². The van der Waals surface area contributed by atoms with Crippen molar-refractivity contribution in [3.63, 3.8) is 0 Å². The normalized spacial score (nSPS) is 16.3. The van der Waals surface area contributed by atoms with Crippen LogP contribution in [0, 0.1) is 5.92 Å². The van der Waals surface area contributed by atoms with Gasteiger partial charge in [-0.25, -0.2) is 8.42 Å². The zero-order valence-electron chi connectivity index (χ0n) is 19.2. The van der Waals surface area contributed by atoms with E-state index in [-0.39, 0.29) is 30.4 Å². The van der Waals surface area contributed by atoms with Crippen LogP contribution in [0.3, 0.4) is 0 Å².